The van der Waals surface area contributed by atoms with Crippen molar-refractivity contribution in [3.63, 3.8) is 0 Å². The Balaban J connectivity index is 1.80. The Morgan fingerprint density at radius 1 is 1.40 bits per heavy atom. The van der Waals surface area contributed by atoms with Crippen molar-refractivity contribution >= 4 is 11.8 Å². The summed E-state index contributed by atoms with van der Waals surface area (Å²) < 4.78 is 5.96. The first-order valence-corrected chi connectivity index (χ1v) is 7.80. The third-order valence-electron chi connectivity index (χ3n) is 4.26. The van der Waals surface area contributed by atoms with Crippen LogP contribution in [0.15, 0.2) is 0 Å². The van der Waals surface area contributed by atoms with Gasteiger partial charge in [-0.2, -0.15) is 0 Å². The van der Waals surface area contributed by atoms with Gasteiger partial charge in [0.25, 0.3) is 0 Å². The van der Waals surface area contributed by atoms with E-state index in [1.807, 2.05) is 6.92 Å². The normalized spacial score (nSPS) is 25.8. The summed E-state index contributed by atoms with van der Waals surface area (Å²) in [5, 5.41) is 2.95. The van der Waals surface area contributed by atoms with Crippen molar-refractivity contribution < 1.29 is 14.3 Å². The molecule has 1 saturated carbocycles. The maximum absolute atomic E-state index is 12.3. The molecule has 1 heterocycles. The molecule has 0 unspecified atom stereocenters. The minimum absolute atomic E-state index is 0.0637. The van der Waals surface area contributed by atoms with Crippen molar-refractivity contribution in [1.82, 2.24) is 10.2 Å². The van der Waals surface area contributed by atoms with Gasteiger partial charge >= 0.3 is 0 Å². The number of rotatable bonds is 5. The summed E-state index contributed by atoms with van der Waals surface area (Å²) >= 11 is 0. The number of nitrogens with one attached hydrogen (secondary N) is 1. The highest BCUT2D eigenvalue weighted by atomic mass is 16.5. The number of hydrogen-bond acceptors (Lipinski definition) is 3. The van der Waals surface area contributed by atoms with Gasteiger partial charge in [0, 0.05) is 20.0 Å². The van der Waals surface area contributed by atoms with E-state index in [4.69, 9.17) is 4.74 Å². The second-order valence-electron chi connectivity index (χ2n) is 5.98. The molecule has 2 atom stereocenters. The van der Waals surface area contributed by atoms with Crippen molar-refractivity contribution in [2.75, 3.05) is 13.6 Å². The first-order valence-electron chi connectivity index (χ1n) is 7.80. The van der Waals surface area contributed by atoms with Gasteiger partial charge in [0.05, 0.1) is 12.1 Å². The number of hydrogen-bond donors (Lipinski definition) is 1. The van der Waals surface area contributed by atoms with Crippen molar-refractivity contribution in [2.45, 2.75) is 70.1 Å². The molecule has 5 nitrogen and oxygen atoms in total. The van der Waals surface area contributed by atoms with Gasteiger partial charge in [-0.3, -0.25) is 9.59 Å². The van der Waals surface area contributed by atoms with Gasteiger partial charge in [-0.15, -0.1) is 0 Å². The molecular weight excluding hydrogens is 256 g/mol. The lowest BCUT2D eigenvalue weighted by atomic mass is 9.97. The quantitative estimate of drug-likeness (QED) is 0.830. The fourth-order valence-electron chi connectivity index (χ4n) is 3.03. The fraction of sp³-hybridized carbons (Fsp3) is 0.867. The Hall–Kier alpha value is -1.10. The number of likely N-dealkylation sites (tertiary alicyclic amines) is 1. The van der Waals surface area contributed by atoms with Gasteiger partial charge in [-0.25, -0.2) is 0 Å². The van der Waals surface area contributed by atoms with Crippen LogP contribution in [0.2, 0.25) is 0 Å². The Kier molecular flexibility index (Phi) is 5.40. The van der Waals surface area contributed by atoms with E-state index in [1.54, 1.807) is 11.9 Å². The summed E-state index contributed by atoms with van der Waals surface area (Å²) in [6, 6.07) is -0.0657. The van der Waals surface area contributed by atoms with Crippen molar-refractivity contribution in [3.8, 4) is 0 Å². The number of ether oxygens (including phenoxy) is 1. The SMILES string of the molecule is CC[C@@H](OC1CCCCC1)C(=O)N[C@H]1CC(=O)N(C)C1. The highest BCUT2D eigenvalue weighted by Gasteiger charge is 2.30. The van der Waals surface area contributed by atoms with E-state index in [9.17, 15) is 9.59 Å². The van der Waals surface area contributed by atoms with Crippen LogP contribution in [-0.4, -0.2) is 48.6 Å². The zero-order valence-electron chi connectivity index (χ0n) is 12.6. The Morgan fingerprint density at radius 2 is 2.10 bits per heavy atom. The highest BCUT2D eigenvalue weighted by Crippen LogP contribution is 2.22. The summed E-state index contributed by atoms with van der Waals surface area (Å²) in [6.07, 6.45) is 6.74. The minimum atomic E-state index is -0.376. The summed E-state index contributed by atoms with van der Waals surface area (Å²) in [6.45, 7) is 2.57. The van der Waals surface area contributed by atoms with E-state index in [2.05, 4.69) is 5.32 Å². The van der Waals surface area contributed by atoms with Crippen molar-refractivity contribution in [1.29, 1.82) is 0 Å². The number of amides is 2. The topological polar surface area (TPSA) is 58.6 Å². The van der Waals surface area contributed by atoms with E-state index < -0.39 is 0 Å². The number of carbonyl (C=O) groups excluding carboxylic acids is 2. The lowest BCUT2D eigenvalue weighted by molar-refractivity contribution is -0.139. The van der Waals surface area contributed by atoms with Crippen molar-refractivity contribution in [2.24, 2.45) is 0 Å². The molecule has 0 aromatic heterocycles. The molecule has 5 heteroatoms. The molecule has 0 aromatic rings. The third kappa shape index (κ3) is 3.95. The largest absolute Gasteiger partial charge is 0.365 e. The maximum Gasteiger partial charge on any atom is 0.249 e. The van der Waals surface area contributed by atoms with Gasteiger partial charge in [0.15, 0.2) is 0 Å². The summed E-state index contributed by atoms with van der Waals surface area (Å²) in [7, 11) is 1.77. The van der Waals surface area contributed by atoms with E-state index in [1.165, 1.54) is 19.3 Å². The van der Waals surface area contributed by atoms with Crippen LogP contribution in [0.4, 0.5) is 0 Å². The molecule has 2 aliphatic rings. The van der Waals surface area contributed by atoms with E-state index in [-0.39, 0.29) is 30.1 Å². The summed E-state index contributed by atoms with van der Waals surface area (Å²) in [4.78, 5) is 25.4. The number of carbonyl (C=O) groups is 2. The molecular formula is C15H26N2O3. The molecule has 1 N–H and O–H groups in total. The average Bonchev–Trinajstić information content (AvgIpc) is 2.75. The Labute approximate surface area is 121 Å². The fourth-order valence-corrected chi connectivity index (χ4v) is 3.03. The molecule has 2 amide bonds. The average molecular weight is 282 g/mol. The van der Waals surface area contributed by atoms with Crippen LogP contribution < -0.4 is 5.32 Å². The molecule has 1 saturated heterocycles. The lowest BCUT2D eigenvalue weighted by Gasteiger charge is -2.27. The van der Waals surface area contributed by atoms with Crippen LogP contribution in [-0.2, 0) is 14.3 Å². The first-order chi connectivity index (χ1) is 9.60. The summed E-state index contributed by atoms with van der Waals surface area (Å²) in [5.74, 6) is 0.0303. The molecule has 0 spiro atoms. The van der Waals surface area contributed by atoms with Crippen LogP contribution in [0.25, 0.3) is 0 Å². The highest BCUT2D eigenvalue weighted by molar-refractivity contribution is 5.84. The Bertz CT molecular complexity index is 353. The van der Waals surface area contributed by atoms with Crippen LogP contribution in [0, 0.1) is 0 Å². The molecule has 0 bridgehead atoms. The standard InChI is InChI=1S/C15H26N2O3/c1-3-13(20-12-7-5-4-6-8-12)15(19)16-11-9-14(18)17(2)10-11/h11-13H,3-10H2,1-2H3,(H,16,19)/t11-,13+/m0/s1. The van der Waals surface area contributed by atoms with E-state index in [0.717, 1.165) is 12.8 Å². The number of likely N-dealkylation sites (N-methyl/N-ethyl adjacent to an activating group) is 1. The predicted octanol–water partition coefficient (Wildman–Crippen LogP) is 1.46. The number of nitrogens with zero attached hydrogens (tertiary/aromatic N) is 1. The van der Waals surface area contributed by atoms with Gasteiger partial charge < -0.3 is 15.0 Å². The molecule has 2 rings (SSSR count). The Morgan fingerprint density at radius 3 is 2.65 bits per heavy atom. The first kappa shape index (κ1) is 15.3. The van der Waals surface area contributed by atoms with Crippen LogP contribution in [0.5, 0.6) is 0 Å². The lowest BCUT2D eigenvalue weighted by Crippen LogP contribution is -2.44. The molecule has 1 aliphatic heterocycles. The predicted molar refractivity (Wildman–Crippen MR) is 76.2 cm³/mol. The molecule has 0 aromatic carbocycles. The zero-order chi connectivity index (χ0) is 14.5. The van der Waals surface area contributed by atoms with Crippen LogP contribution >= 0.6 is 0 Å². The second kappa shape index (κ2) is 7.07. The van der Waals surface area contributed by atoms with E-state index >= 15 is 0 Å². The smallest absolute Gasteiger partial charge is 0.249 e. The third-order valence-corrected chi connectivity index (χ3v) is 4.26. The molecule has 2 fully saturated rings. The van der Waals surface area contributed by atoms with E-state index in [0.29, 0.717) is 19.4 Å². The molecule has 20 heavy (non-hydrogen) atoms. The molecule has 0 radical (unpaired) electrons. The maximum atomic E-state index is 12.3. The zero-order valence-corrected chi connectivity index (χ0v) is 12.6. The van der Waals surface area contributed by atoms with Crippen LogP contribution in [0.1, 0.15) is 51.9 Å². The molecule has 114 valence electrons. The van der Waals surface area contributed by atoms with Gasteiger partial charge in [0.1, 0.15) is 6.10 Å². The molecule has 1 aliphatic carbocycles. The van der Waals surface area contributed by atoms with Gasteiger partial charge in [-0.05, 0) is 19.3 Å². The summed E-state index contributed by atoms with van der Waals surface area (Å²) in [5.41, 5.74) is 0. The second-order valence-corrected chi connectivity index (χ2v) is 5.98. The van der Waals surface area contributed by atoms with Gasteiger partial charge in [0.2, 0.25) is 11.8 Å². The minimum Gasteiger partial charge on any atom is -0.365 e. The van der Waals surface area contributed by atoms with Crippen molar-refractivity contribution in [3.05, 3.63) is 0 Å². The van der Waals surface area contributed by atoms with Gasteiger partial charge in [-0.1, -0.05) is 26.2 Å². The van der Waals surface area contributed by atoms with Crippen LogP contribution in [0.3, 0.4) is 0 Å². The monoisotopic (exact) mass is 282 g/mol.